The third kappa shape index (κ3) is 4.33. The maximum absolute atomic E-state index is 11.4. The molecule has 3 rings (SSSR count). The minimum Gasteiger partial charge on any atom is -0.436 e. The number of nitrogens with one attached hydrogen (secondary N) is 2. The summed E-state index contributed by atoms with van der Waals surface area (Å²) in [6.45, 7) is 3.41. The van der Waals surface area contributed by atoms with Crippen molar-refractivity contribution in [3.63, 3.8) is 0 Å². The van der Waals surface area contributed by atoms with Crippen molar-refractivity contribution >= 4 is 34.8 Å². The lowest BCUT2D eigenvalue weighted by molar-refractivity contribution is -0.111. The second-order valence-electron chi connectivity index (χ2n) is 5.08. The molecule has 132 valence electrons. The predicted molar refractivity (Wildman–Crippen MR) is 96.7 cm³/mol. The molecule has 0 aliphatic carbocycles. The molecule has 2 heterocycles. The Balaban J connectivity index is 1.78. The minimum atomic E-state index is -0.327. The van der Waals surface area contributed by atoms with Crippen LogP contribution in [0.5, 0.6) is 11.6 Å². The molecule has 0 saturated carbocycles. The smallest absolute Gasteiger partial charge is 0.262 e. The molecule has 0 aliphatic heterocycles. The first-order valence-corrected chi connectivity index (χ1v) is 7.78. The van der Waals surface area contributed by atoms with E-state index < -0.39 is 0 Å². The summed E-state index contributed by atoms with van der Waals surface area (Å²) in [6, 6.07) is 6.74. The van der Waals surface area contributed by atoms with Crippen LogP contribution in [0, 0.1) is 0 Å². The van der Waals surface area contributed by atoms with Crippen LogP contribution >= 0.6 is 11.6 Å². The molecule has 0 fully saturated rings. The van der Waals surface area contributed by atoms with Crippen LogP contribution in [0.15, 0.2) is 49.3 Å². The summed E-state index contributed by atoms with van der Waals surface area (Å²) in [7, 11) is 1.79. The fraction of sp³-hybridized carbons (Fsp3) is 0.0625. The third-order valence-electron chi connectivity index (χ3n) is 3.08. The molecule has 9 nitrogen and oxygen atoms in total. The molecule has 0 aliphatic rings. The fourth-order valence-electron chi connectivity index (χ4n) is 1.97. The number of carbonyl (C=O) groups is 1. The van der Waals surface area contributed by atoms with Gasteiger partial charge in [-0.15, -0.1) is 10.2 Å². The standard InChI is InChI=1S/C16H14ClN7O2/c1-3-13(25)19-10-5-4-6-12(7-10)26-15-14(17)22-23-16(21-15)20-11-8-18-24(2)9-11/h3-9H,1H2,2H3,(H,19,25)(H,20,21,23). The maximum atomic E-state index is 11.4. The average molecular weight is 372 g/mol. The lowest BCUT2D eigenvalue weighted by atomic mass is 10.3. The molecule has 3 aromatic rings. The molecule has 0 atom stereocenters. The van der Waals surface area contributed by atoms with Crippen molar-refractivity contribution in [3.8, 4) is 11.6 Å². The molecule has 10 heteroatoms. The Kier molecular flexibility index (Phi) is 5.09. The maximum Gasteiger partial charge on any atom is 0.262 e. The number of amides is 1. The zero-order valence-corrected chi connectivity index (χ0v) is 14.4. The number of aryl methyl sites for hydroxylation is 1. The molecule has 0 bridgehead atoms. The van der Waals surface area contributed by atoms with Gasteiger partial charge in [0.25, 0.3) is 11.8 Å². The number of ether oxygens (including phenoxy) is 1. The summed E-state index contributed by atoms with van der Waals surface area (Å²) < 4.78 is 7.30. The van der Waals surface area contributed by atoms with Crippen LogP contribution in [0.25, 0.3) is 0 Å². The number of hydrogen-bond donors (Lipinski definition) is 2. The highest BCUT2D eigenvalue weighted by atomic mass is 35.5. The van der Waals surface area contributed by atoms with Gasteiger partial charge in [-0.3, -0.25) is 9.48 Å². The van der Waals surface area contributed by atoms with Gasteiger partial charge in [0.2, 0.25) is 11.1 Å². The van der Waals surface area contributed by atoms with Gasteiger partial charge in [-0.2, -0.15) is 10.1 Å². The molecule has 2 aromatic heterocycles. The Morgan fingerprint density at radius 1 is 1.35 bits per heavy atom. The Morgan fingerprint density at radius 3 is 2.92 bits per heavy atom. The highest BCUT2D eigenvalue weighted by Crippen LogP contribution is 2.28. The van der Waals surface area contributed by atoms with Gasteiger partial charge in [0, 0.05) is 25.0 Å². The van der Waals surface area contributed by atoms with Gasteiger partial charge in [-0.25, -0.2) is 0 Å². The molecule has 26 heavy (non-hydrogen) atoms. The van der Waals surface area contributed by atoms with Crippen LogP contribution in [-0.2, 0) is 11.8 Å². The molecule has 0 spiro atoms. The van der Waals surface area contributed by atoms with E-state index in [-0.39, 0.29) is 22.9 Å². The minimum absolute atomic E-state index is 0.00210. The Hall–Kier alpha value is -3.46. The van der Waals surface area contributed by atoms with Crippen LogP contribution in [0.4, 0.5) is 17.3 Å². The Labute approximate surface area is 153 Å². The summed E-state index contributed by atoms with van der Waals surface area (Å²) in [6.07, 6.45) is 4.55. The first-order chi connectivity index (χ1) is 12.5. The summed E-state index contributed by atoms with van der Waals surface area (Å²) in [4.78, 5) is 15.6. The van der Waals surface area contributed by atoms with E-state index in [0.717, 1.165) is 0 Å². The molecule has 0 radical (unpaired) electrons. The second-order valence-corrected chi connectivity index (χ2v) is 5.44. The summed E-state index contributed by atoms with van der Waals surface area (Å²) in [5.74, 6) is 0.363. The number of halogens is 1. The van der Waals surface area contributed by atoms with Gasteiger partial charge >= 0.3 is 0 Å². The van der Waals surface area contributed by atoms with Crippen molar-refractivity contribution in [3.05, 3.63) is 54.5 Å². The number of nitrogens with zero attached hydrogens (tertiary/aromatic N) is 5. The lowest BCUT2D eigenvalue weighted by Crippen LogP contribution is -2.07. The highest BCUT2D eigenvalue weighted by Gasteiger charge is 2.11. The van der Waals surface area contributed by atoms with E-state index >= 15 is 0 Å². The van der Waals surface area contributed by atoms with E-state index in [1.807, 2.05) is 0 Å². The van der Waals surface area contributed by atoms with E-state index in [1.54, 1.807) is 48.4 Å². The van der Waals surface area contributed by atoms with E-state index in [0.29, 0.717) is 17.1 Å². The molecule has 2 N–H and O–H groups in total. The van der Waals surface area contributed by atoms with E-state index in [1.165, 1.54) is 6.08 Å². The lowest BCUT2D eigenvalue weighted by Gasteiger charge is -2.09. The zero-order valence-electron chi connectivity index (χ0n) is 13.7. The molecule has 1 amide bonds. The molecule has 0 saturated heterocycles. The quantitative estimate of drug-likeness (QED) is 0.641. The monoisotopic (exact) mass is 371 g/mol. The number of carbonyl (C=O) groups excluding carboxylic acids is 1. The second kappa shape index (κ2) is 7.62. The van der Waals surface area contributed by atoms with Crippen molar-refractivity contribution in [1.82, 2.24) is 25.0 Å². The zero-order chi connectivity index (χ0) is 18.5. The average Bonchev–Trinajstić information content (AvgIpc) is 3.03. The van der Waals surface area contributed by atoms with Gasteiger partial charge < -0.3 is 15.4 Å². The normalized spacial score (nSPS) is 10.2. The number of benzene rings is 1. The SMILES string of the molecule is C=CC(=O)Nc1cccc(Oc2nc(Nc3cnn(C)c3)nnc2Cl)c1. The van der Waals surface area contributed by atoms with E-state index in [9.17, 15) is 4.79 Å². The topological polar surface area (TPSA) is 107 Å². The van der Waals surface area contributed by atoms with Crippen LogP contribution < -0.4 is 15.4 Å². The first kappa shape index (κ1) is 17.4. The Bertz CT molecular complexity index is 957. The number of rotatable bonds is 6. The van der Waals surface area contributed by atoms with Crippen LogP contribution in [-0.4, -0.2) is 30.9 Å². The molecular formula is C16H14ClN7O2. The van der Waals surface area contributed by atoms with Crippen molar-refractivity contribution in [2.24, 2.45) is 7.05 Å². The summed E-state index contributed by atoms with van der Waals surface area (Å²) >= 11 is 6.01. The van der Waals surface area contributed by atoms with Gasteiger partial charge in [0.15, 0.2) is 0 Å². The van der Waals surface area contributed by atoms with Gasteiger partial charge in [0.05, 0.1) is 11.9 Å². The van der Waals surface area contributed by atoms with Crippen molar-refractivity contribution < 1.29 is 9.53 Å². The third-order valence-corrected chi connectivity index (χ3v) is 3.32. The van der Waals surface area contributed by atoms with Crippen LogP contribution in [0.3, 0.4) is 0 Å². The number of anilines is 3. The molecule has 1 aromatic carbocycles. The van der Waals surface area contributed by atoms with Crippen molar-refractivity contribution in [2.75, 3.05) is 10.6 Å². The molecule has 0 unspecified atom stereocenters. The van der Waals surface area contributed by atoms with Crippen LogP contribution in [0.1, 0.15) is 0 Å². The number of hydrogen-bond acceptors (Lipinski definition) is 7. The van der Waals surface area contributed by atoms with Gasteiger partial charge in [-0.1, -0.05) is 24.2 Å². The van der Waals surface area contributed by atoms with Crippen molar-refractivity contribution in [2.45, 2.75) is 0 Å². The highest BCUT2D eigenvalue weighted by molar-refractivity contribution is 6.30. The number of aromatic nitrogens is 5. The van der Waals surface area contributed by atoms with Crippen LogP contribution in [0.2, 0.25) is 5.15 Å². The first-order valence-electron chi connectivity index (χ1n) is 7.41. The largest absolute Gasteiger partial charge is 0.436 e. The fourth-order valence-corrected chi connectivity index (χ4v) is 2.09. The molecular weight excluding hydrogens is 358 g/mol. The van der Waals surface area contributed by atoms with E-state index in [4.69, 9.17) is 16.3 Å². The summed E-state index contributed by atoms with van der Waals surface area (Å²) in [5.41, 5.74) is 1.23. The summed E-state index contributed by atoms with van der Waals surface area (Å²) in [5, 5.41) is 17.3. The van der Waals surface area contributed by atoms with E-state index in [2.05, 4.69) is 37.5 Å². The van der Waals surface area contributed by atoms with Crippen molar-refractivity contribution in [1.29, 1.82) is 0 Å². The van der Waals surface area contributed by atoms with Gasteiger partial charge in [-0.05, 0) is 18.2 Å². The predicted octanol–water partition coefficient (Wildman–Crippen LogP) is 2.92. The van der Waals surface area contributed by atoms with Gasteiger partial charge in [0.1, 0.15) is 5.75 Å². The Morgan fingerprint density at radius 2 is 2.19 bits per heavy atom.